The molecule has 7 heteroatoms. The fourth-order valence-corrected chi connectivity index (χ4v) is 2.38. The van der Waals surface area contributed by atoms with E-state index in [0.717, 1.165) is 5.75 Å². The first kappa shape index (κ1) is 21.0. The van der Waals surface area contributed by atoms with E-state index in [4.69, 9.17) is 28.4 Å². The number of benzene rings is 2. The molecule has 0 atom stereocenters. The van der Waals surface area contributed by atoms with E-state index in [9.17, 15) is 4.79 Å². The van der Waals surface area contributed by atoms with E-state index in [1.165, 1.54) is 27.4 Å². The van der Waals surface area contributed by atoms with E-state index in [0.29, 0.717) is 28.6 Å². The zero-order valence-corrected chi connectivity index (χ0v) is 16.4. The van der Waals surface area contributed by atoms with Crippen LogP contribution in [0.3, 0.4) is 0 Å². The maximum atomic E-state index is 11.9. The number of carbonyl (C=O) groups excluding carboxylic acids is 1. The van der Waals surface area contributed by atoms with Gasteiger partial charge < -0.3 is 28.4 Å². The molecule has 0 saturated heterocycles. The highest BCUT2D eigenvalue weighted by atomic mass is 16.6. The van der Waals surface area contributed by atoms with Crippen LogP contribution in [0.15, 0.2) is 42.5 Å². The van der Waals surface area contributed by atoms with E-state index < -0.39 is 5.97 Å². The van der Waals surface area contributed by atoms with Crippen LogP contribution >= 0.6 is 0 Å². The van der Waals surface area contributed by atoms with Crippen molar-refractivity contribution >= 4 is 12.0 Å². The monoisotopic (exact) mass is 388 g/mol. The average molecular weight is 388 g/mol. The predicted octanol–water partition coefficient (Wildman–Crippen LogP) is 3.36. The predicted molar refractivity (Wildman–Crippen MR) is 105 cm³/mol. The van der Waals surface area contributed by atoms with E-state index >= 15 is 0 Å². The first-order valence-electron chi connectivity index (χ1n) is 8.53. The topological polar surface area (TPSA) is 72.5 Å². The highest BCUT2D eigenvalue weighted by molar-refractivity contribution is 5.87. The molecule has 28 heavy (non-hydrogen) atoms. The lowest BCUT2D eigenvalue weighted by Crippen LogP contribution is -2.10. The zero-order valence-electron chi connectivity index (χ0n) is 16.4. The second-order valence-corrected chi connectivity index (χ2v) is 5.48. The number of esters is 1. The average Bonchev–Trinajstić information content (AvgIpc) is 2.74. The molecule has 2 aromatic carbocycles. The fraction of sp³-hybridized carbons (Fsp3) is 0.286. The smallest absolute Gasteiger partial charge is 0.330 e. The van der Waals surface area contributed by atoms with Gasteiger partial charge in [0.1, 0.15) is 24.7 Å². The Morgan fingerprint density at radius 3 is 1.96 bits per heavy atom. The van der Waals surface area contributed by atoms with Gasteiger partial charge in [-0.3, -0.25) is 0 Å². The Morgan fingerprint density at radius 1 is 0.821 bits per heavy atom. The molecule has 0 unspecified atom stereocenters. The van der Waals surface area contributed by atoms with Gasteiger partial charge in [0.25, 0.3) is 0 Å². The summed E-state index contributed by atoms with van der Waals surface area (Å²) < 4.78 is 31.5. The molecule has 0 aromatic heterocycles. The Hall–Kier alpha value is -3.35. The number of rotatable bonds is 10. The lowest BCUT2D eigenvalue weighted by Gasteiger charge is -2.12. The number of carbonyl (C=O) groups is 1. The third kappa shape index (κ3) is 5.84. The lowest BCUT2D eigenvalue weighted by atomic mass is 10.1. The molecule has 0 heterocycles. The van der Waals surface area contributed by atoms with Gasteiger partial charge in [0.05, 0.1) is 28.4 Å². The molecule has 0 bridgehead atoms. The summed E-state index contributed by atoms with van der Waals surface area (Å²) in [5, 5.41) is 0. The number of ether oxygens (including phenoxy) is 6. The van der Waals surface area contributed by atoms with Crippen LogP contribution in [-0.2, 0) is 9.53 Å². The second-order valence-electron chi connectivity index (χ2n) is 5.48. The Bertz CT molecular complexity index is 772. The number of methoxy groups -OCH3 is 4. The van der Waals surface area contributed by atoms with Crippen molar-refractivity contribution in [3.63, 3.8) is 0 Å². The van der Waals surface area contributed by atoms with Crippen molar-refractivity contribution in [2.45, 2.75) is 0 Å². The van der Waals surface area contributed by atoms with Crippen molar-refractivity contribution in [3.05, 3.63) is 48.0 Å². The molecule has 7 nitrogen and oxygen atoms in total. The van der Waals surface area contributed by atoms with Crippen LogP contribution in [0.25, 0.3) is 6.08 Å². The van der Waals surface area contributed by atoms with Crippen LogP contribution in [0, 0.1) is 0 Å². The van der Waals surface area contributed by atoms with Crippen molar-refractivity contribution in [3.8, 4) is 28.7 Å². The molecule has 0 fully saturated rings. The van der Waals surface area contributed by atoms with Gasteiger partial charge in [-0.25, -0.2) is 4.79 Å². The summed E-state index contributed by atoms with van der Waals surface area (Å²) in [6.07, 6.45) is 2.94. The molecule has 0 spiro atoms. The van der Waals surface area contributed by atoms with Crippen LogP contribution in [-0.4, -0.2) is 47.6 Å². The Kier molecular flexibility index (Phi) is 8.02. The second kappa shape index (κ2) is 10.7. The summed E-state index contributed by atoms with van der Waals surface area (Å²) in [5.74, 6) is 2.43. The summed E-state index contributed by atoms with van der Waals surface area (Å²) in [4.78, 5) is 11.9. The number of hydrogen-bond acceptors (Lipinski definition) is 7. The highest BCUT2D eigenvalue weighted by Crippen LogP contribution is 2.38. The van der Waals surface area contributed by atoms with Gasteiger partial charge in [-0.15, -0.1) is 0 Å². The highest BCUT2D eigenvalue weighted by Gasteiger charge is 2.12. The van der Waals surface area contributed by atoms with Crippen LogP contribution in [0.1, 0.15) is 5.56 Å². The van der Waals surface area contributed by atoms with Gasteiger partial charge in [-0.2, -0.15) is 0 Å². The van der Waals surface area contributed by atoms with Gasteiger partial charge in [-0.05, 0) is 48.0 Å². The zero-order chi connectivity index (χ0) is 20.4. The minimum atomic E-state index is -0.480. The van der Waals surface area contributed by atoms with Crippen molar-refractivity contribution < 1.29 is 33.2 Å². The molecule has 2 rings (SSSR count). The maximum Gasteiger partial charge on any atom is 0.330 e. The first-order chi connectivity index (χ1) is 13.6. The number of hydrogen-bond donors (Lipinski definition) is 0. The fourth-order valence-electron chi connectivity index (χ4n) is 2.38. The van der Waals surface area contributed by atoms with Crippen molar-refractivity contribution in [1.29, 1.82) is 0 Å². The minimum absolute atomic E-state index is 0.129. The van der Waals surface area contributed by atoms with Crippen molar-refractivity contribution in [2.75, 3.05) is 41.7 Å². The summed E-state index contributed by atoms with van der Waals surface area (Å²) >= 11 is 0. The Balaban J connectivity index is 1.85. The quantitative estimate of drug-likeness (QED) is 0.351. The molecular weight excluding hydrogens is 364 g/mol. The maximum absolute atomic E-state index is 11.9. The van der Waals surface area contributed by atoms with Gasteiger partial charge in [0.2, 0.25) is 5.75 Å². The van der Waals surface area contributed by atoms with E-state index in [1.54, 1.807) is 49.6 Å². The first-order valence-corrected chi connectivity index (χ1v) is 8.53. The van der Waals surface area contributed by atoms with Gasteiger partial charge >= 0.3 is 5.97 Å². The van der Waals surface area contributed by atoms with E-state index in [-0.39, 0.29) is 13.2 Å². The summed E-state index contributed by atoms with van der Waals surface area (Å²) in [5.41, 5.74) is 0.709. The third-order valence-electron chi connectivity index (χ3n) is 3.75. The molecule has 150 valence electrons. The molecule has 0 aliphatic heterocycles. The third-order valence-corrected chi connectivity index (χ3v) is 3.75. The molecule has 0 N–H and O–H groups in total. The molecule has 0 radical (unpaired) electrons. The summed E-state index contributed by atoms with van der Waals surface area (Å²) in [7, 11) is 6.19. The minimum Gasteiger partial charge on any atom is -0.497 e. The molecule has 0 aliphatic carbocycles. The van der Waals surface area contributed by atoms with E-state index in [2.05, 4.69) is 0 Å². The normalized spacial score (nSPS) is 10.4. The lowest BCUT2D eigenvalue weighted by molar-refractivity contribution is -0.138. The van der Waals surface area contributed by atoms with Crippen LogP contribution in [0.5, 0.6) is 28.7 Å². The molecule has 0 saturated carbocycles. The van der Waals surface area contributed by atoms with Gasteiger partial charge in [-0.1, -0.05) is 0 Å². The molecule has 0 aliphatic rings. The van der Waals surface area contributed by atoms with E-state index in [1.807, 2.05) is 0 Å². The standard InChI is InChI=1S/C21H24O7/c1-23-16-6-8-17(9-7-16)27-11-12-28-20(22)10-5-15-13-18(24-2)21(26-4)19(14-15)25-3/h5-10,13-14H,11-12H2,1-4H3. The Morgan fingerprint density at radius 2 is 1.43 bits per heavy atom. The molecule has 0 amide bonds. The van der Waals surface area contributed by atoms with Crippen molar-refractivity contribution in [2.24, 2.45) is 0 Å². The summed E-state index contributed by atoms with van der Waals surface area (Å²) in [6, 6.07) is 10.6. The van der Waals surface area contributed by atoms with Crippen molar-refractivity contribution in [1.82, 2.24) is 0 Å². The molecule has 2 aromatic rings. The van der Waals surface area contributed by atoms with Gasteiger partial charge in [0, 0.05) is 6.08 Å². The van der Waals surface area contributed by atoms with Crippen LogP contribution in [0.2, 0.25) is 0 Å². The van der Waals surface area contributed by atoms with Crippen LogP contribution < -0.4 is 23.7 Å². The van der Waals surface area contributed by atoms with Gasteiger partial charge in [0.15, 0.2) is 11.5 Å². The largest absolute Gasteiger partial charge is 0.497 e. The Labute approximate surface area is 164 Å². The summed E-state index contributed by atoms with van der Waals surface area (Å²) in [6.45, 7) is 0.376. The van der Waals surface area contributed by atoms with Crippen LogP contribution in [0.4, 0.5) is 0 Å². The SMILES string of the molecule is COc1ccc(OCCOC(=O)C=Cc2cc(OC)c(OC)c(OC)c2)cc1. The molecular formula is C21H24O7.